The van der Waals surface area contributed by atoms with Gasteiger partial charge in [0.1, 0.15) is 17.2 Å². The van der Waals surface area contributed by atoms with Crippen LogP contribution in [0.3, 0.4) is 0 Å². The number of carbonyl (C=O) groups excluding carboxylic acids is 3. The Morgan fingerprint density at radius 3 is 2.12 bits per heavy atom. The van der Waals surface area contributed by atoms with Gasteiger partial charge in [0.25, 0.3) is 11.8 Å². The molecule has 0 N–H and O–H groups in total. The van der Waals surface area contributed by atoms with E-state index in [0.29, 0.717) is 63.0 Å². The molecule has 10 heteroatoms. The third-order valence-corrected chi connectivity index (χ3v) is 5.88. The maximum Gasteiger partial charge on any atom is 0.274 e. The number of hydrogen-bond acceptors (Lipinski definition) is 6. The second-order valence-electron chi connectivity index (χ2n) is 7.88. The number of fused-ring (bicyclic) bond motifs is 1. The van der Waals surface area contributed by atoms with Crippen LogP contribution in [0.15, 0.2) is 24.3 Å². The Labute approximate surface area is 186 Å². The van der Waals surface area contributed by atoms with Crippen molar-refractivity contribution >= 4 is 17.7 Å². The number of nitrogens with zero attached hydrogens (tertiary/aromatic N) is 5. The zero-order valence-electron chi connectivity index (χ0n) is 18.5. The number of carbonyl (C=O) groups is 3. The first-order valence-electron chi connectivity index (χ1n) is 10.5. The van der Waals surface area contributed by atoms with Gasteiger partial charge in [0.2, 0.25) is 5.91 Å². The molecule has 32 heavy (non-hydrogen) atoms. The number of aromatic nitrogens is 2. The van der Waals surface area contributed by atoms with Crippen LogP contribution in [0, 0.1) is 0 Å². The Kier molecular flexibility index (Phi) is 6.02. The quantitative estimate of drug-likeness (QED) is 0.683. The summed E-state index contributed by atoms with van der Waals surface area (Å²) in [6.07, 6.45) is 0. The predicted octanol–water partition coefficient (Wildman–Crippen LogP) is 0.861. The minimum atomic E-state index is -0.216. The van der Waals surface area contributed by atoms with Gasteiger partial charge in [0.15, 0.2) is 5.69 Å². The van der Waals surface area contributed by atoms with E-state index in [-0.39, 0.29) is 23.4 Å². The normalized spacial score (nSPS) is 16.1. The van der Waals surface area contributed by atoms with Crippen molar-refractivity contribution < 1.29 is 23.9 Å². The second kappa shape index (κ2) is 8.89. The summed E-state index contributed by atoms with van der Waals surface area (Å²) in [5.41, 5.74) is 1.55. The summed E-state index contributed by atoms with van der Waals surface area (Å²) in [7, 11) is 3.17. The average molecular weight is 441 g/mol. The fourth-order valence-electron chi connectivity index (χ4n) is 4.06. The van der Waals surface area contributed by atoms with Crippen LogP contribution in [0.4, 0.5) is 0 Å². The lowest BCUT2D eigenvalue weighted by molar-refractivity contribution is -0.130. The molecule has 2 aliphatic rings. The Morgan fingerprint density at radius 2 is 1.53 bits per heavy atom. The largest absolute Gasteiger partial charge is 0.497 e. The molecule has 10 nitrogen and oxygen atoms in total. The van der Waals surface area contributed by atoms with Crippen molar-refractivity contribution in [3.05, 3.63) is 41.2 Å². The van der Waals surface area contributed by atoms with E-state index in [9.17, 15) is 14.4 Å². The molecule has 0 spiro atoms. The summed E-state index contributed by atoms with van der Waals surface area (Å²) in [5, 5.41) is 4.38. The third-order valence-electron chi connectivity index (χ3n) is 5.88. The van der Waals surface area contributed by atoms with Crippen molar-refractivity contribution in [1.82, 2.24) is 24.5 Å². The molecule has 1 aromatic heterocycles. The number of piperazine rings is 1. The first-order valence-corrected chi connectivity index (χ1v) is 10.5. The van der Waals surface area contributed by atoms with E-state index < -0.39 is 0 Å². The summed E-state index contributed by atoms with van der Waals surface area (Å²) in [6.45, 7) is 4.84. The highest BCUT2D eigenvalue weighted by molar-refractivity contribution is 5.98. The highest BCUT2D eigenvalue weighted by Crippen LogP contribution is 2.25. The average Bonchev–Trinajstić information content (AvgIpc) is 3.25. The Balaban J connectivity index is 1.46. The zero-order valence-corrected chi connectivity index (χ0v) is 18.5. The van der Waals surface area contributed by atoms with E-state index in [0.717, 1.165) is 5.56 Å². The number of rotatable bonds is 5. The van der Waals surface area contributed by atoms with Gasteiger partial charge in [-0.1, -0.05) is 0 Å². The minimum absolute atomic E-state index is 0.00824. The lowest BCUT2D eigenvalue weighted by atomic mass is 10.1. The molecule has 0 atom stereocenters. The van der Waals surface area contributed by atoms with Crippen LogP contribution in [0.1, 0.15) is 33.5 Å². The molecule has 0 saturated carbocycles. The summed E-state index contributed by atoms with van der Waals surface area (Å²) in [5.74, 6) is 0.935. The van der Waals surface area contributed by atoms with Crippen molar-refractivity contribution in [3.8, 4) is 11.5 Å². The molecule has 1 aromatic carbocycles. The SMILES string of the molecule is COc1cc(CN2CCn3nc(C(=O)N4CCN(C(C)=O)CC4)cc3C2=O)cc(OC)c1. The summed E-state index contributed by atoms with van der Waals surface area (Å²) in [6, 6.07) is 7.10. The van der Waals surface area contributed by atoms with Gasteiger partial charge in [-0.2, -0.15) is 5.10 Å². The summed E-state index contributed by atoms with van der Waals surface area (Å²) in [4.78, 5) is 42.6. The van der Waals surface area contributed by atoms with Gasteiger partial charge in [0.05, 0.1) is 20.8 Å². The molecule has 1 fully saturated rings. The maximum absolute atomic E-state index is 13.1. The van der Waals surface area contributed by atoms with Crippen molar-refractivity contribution in [2.24, 2.45) is 0 Å². The van der Waals surface area contributed by atoms with Crippen LogP contribution < -0.4 is 9.47 Å². The van der Waals surface area contributed by atoms with E-state index in [1.54, 1.807) is 45.7 Å². The topological polar surface area (TPSA) is 97.2 Å². The highest BCUT2D eigenvalue weighted by Gasteiger charge is 2.30. The van der Waals surface area contributed by atoms with Crippen LogP contribution in [-0.2, 0) is 17.9 Å². The van der Waals surface area contributed by atoms with Gasteiger partial charge in [-0.15, -0.1) is 0 Å². The molecule has 3 amide bonds. The standard InChI is InChI=1S/C22H27N5O5/c1-15(28)24-4-6-25(7-5-24)21(29)19-13-20-22(30)26(8-9-27(20)23-19)14-16-10-17(31-2)12-18(11-16)32-3/h10-13H,4-9,14H2,1-3H3. The summed E-state index contributed by atoms with van der Waals surface area (Å²) >= 11 is 0. The lowest BCUT2D eigenvalue weighted by Gasteiger charge is -2.33. The lowest BCUT2D eigenvalue weighted by Crippen LogP contribution is -2.50. The molecule has 0 unspecified atom stereocenters. The van der Waals surface area contributed by atoms with Crippen molar-refractivity contribution in [1.29, 1.82) is 0 Å². The van der Waals surface area contributed by atoms with Crippen LogP contribution in [-0.4, -0.2) is 89.1 Å². The van der Waals surface area contributed by atoms with Gasteiger partial charge in [-0.05, 0) is 17.7 Å². The van der Waals surface area contributed by atoms with Crippen LogP contribution >= 0.6 is 0 Å². The van der Waals surface area contributed by atoms with Gasteiger partial charge < -0.3 is 24.2 Å². The molecule has 170 valence electrons. The van der Waals surface area contributed by atoms with E-state index in [1.165, 1.54) is 6.92 Å². The first kappa shape index (κ1) is 21.7. The van der Waals surface area contributed by atoms with E-state index >= 15 is 0 Å². The Hall–Kier alpha value is -3.56. The van der Waals surface area contributed by atoms with Crippen molar-refractivity contribution in [2.45, 2.75) is 20.0 Å². The highest BCUT2D eigenvalue weighted by atomic mass is 16.5. The smallest absolute Gasteiger partial charge is 0.274 e. The molecule has 3 heterocycles. The van der Waals surface area contributed by atoms with Gasteiger partial charge in [-0.3, -0.25) is 19.1 Å². The number of benzene rings is 1. The third kappa shape index (κ3) is 4.25. The molecule has 0 radical (unpaired) electrons. The maximum atomic E-state index is 13.1. The second-order valence-corrected chi connectivity index (χ2v) is 7.88. The van der Waals surface area contributed by atoms with Crippen LogP contribution in [0.25, 0.3) is 0 Å². The van der Waals surface area contributed by atoms with Gasteiger partial charge >= 0.3 is 0 Å². The van der Waals surface area contributed by atoms with Crippen LogP contribution in [0.5, 0.6) is 11.5 Å². The predicted molar refractivity (Wildman–Crippen MR) is 115 cm³/mol. The molecule has 2 aliphatic heterocycles. The monoisotopic (exact) mass is 441 g/mol. The Bertz CT molecular complexity index is 1020. The number of hydrogen-bond donors (Lipinski definition) is 0. The fraction of sp³-hybridized carbons (Fsp3) is 0.455. The van der Waals surface area contributed by atoms with Crippen molar-refractivity contribution in [2.75, 3.05) is 46.9 Å². The zero-order chi connectivity index (χ0) is 22.8. The van der Waals surface area contributed by atoms with Gasteiger partial charge in [0, 0.05) is 58.3 Å². The first-order chi connectivity index (χ1) is 15.4. The molecule has 1 saturated heterocycles. The van der Waals surface area contributed by atoms with E-state index in [1.807, 2.05) is 12.1 Å². The molecular formula is C22H27N5O5. The number of methoxy groups -OCH3 is 2. The van der Waals surface area contributed by atoms with Crippen LogP contribution in [0.2, 0.25) is 0 Å². The number of ether oxygens (including phenoxy) is 2. The molecule has 2 aromatic rings. The fourth-order valence-corrected chi connectivity index (χ4v) is 4.06. The molecule has 4 rings (SSSR count). The van der Waals surface area contributed by atoms with Gasteiger partial charge in [-0.25, -0.2) is 0 Å². The Morgan fingerprint density at radius 1 is 0.906 bits per heavy atom. The number of amides is 3. The van der Waals surface area contributed by atoms with E-state index in [4.69, 9.17) is 9.47 Å². The molecular weight excluding hydrogens is 414 g/mol. The minimum Gasteiger partial charge on any atom is -0.497 e. The molecule has 0 aliphatic carbocycles. The van der Waals surface area contributed by atoms with E-state index in [2.05, 4.69) is 5.10 Å². The summed E-state index contributed by atoms with van der Waals surface area (Å²) < 4.78 is 12.2. The van der Waals surface area contributed by atoms with Crippen molar-refractivity contribution in [3.63, 3.8) is 0 Å². The molecule has 0 bridgehead atoms.